The number of hydrazine groups is 1. The third kappa shape index (κ3) is 3.20. The van der Waals surface area contributed by atoms with Gasteiger partial charge < -0.3 is 0 Å². The van der Waals surface area contributed by atoms with Crippen LogP contribution in [-0.4, -0.2) is 0 Å². The van der Waals surface area contributed by atoms with Crippen molar-refractivity contribution in [1.29, 1.82) is 0 Å². The molecule has 1 aromatic heterocycles. The SMILES string of the molecule is C=C(CC)CC(NN)c1csc(Br)c1. The zero-order valence-electron chi connectivity index (χ0n) is 8.22. The molecule has 4 heteroatoms. The van der Waals surface area contributed by atoms with Crippen LogP contribution in [0.4, 0.5) is 0 Å². The second kappa shape index (κ2) is 5.66. The summed E-state index contributed by atoms with van der Waals surface area (Å²) in [6, 6.07) is 2.28. The number of halogens is 1. The summed E-state index contributed by atoms with van der Waals surface area (Å²) in [6.45, 7) is 6.10. The Balaban J connectivity index is 2.67. The maximum Gasteiger partial charge on any atom is 0.0701 e. The van der Waals surface area contributed by atoms with Crippen LogP contribution in [0.25, 0.3) is 0 Å². The fourth-order valence-electron chi connectivity index (χ4n) is 1.21. The van der Waals surface area contributed by atoms with Crippen LogP contribution in [-0.2, 0) is 0 Å². The summed E-state index contributed by atoms with van der Waals surface area (Å²) in [6.07, 6.45) is 1.90. The highest BCUT2D eigenvalue weighted by Gasteiger charge is 2.11. The number of nitrogens with two attached hydrogens (primary N) is 1. The van der Waals surface area contributed by atoms with Gasteiger partial charge in [0.1, 0.15) is 0 Å². The van der Waals surface area contributed by atoms with Gasteiger partial charge in [-0.25, -0.2) is 0 Å². The van der Waals surface area contributed by atoms with Crippen LogP contribution >= 0.6 is 27.3 Å². The van der Waals surface area contributed by atoms with E-state index in [4.69, 9.17) is 5.84 Å². The van der Waals surface area contributed by atoms with Gasteiger partial charge in [-0.15, -0.1) is 11.3 Å². The molecule has 0 aliphatic carbocycles. The van der Waals surface area contributed by atoms with Crippen LogP contribution in [0.15, 0.2) is 27.4 Å². The van der Waals surface area contributed by atoms with Crippen molar-refractivity contribution in [3.63, 3.8) is 0 Å². The van der Waals surface area contributed by atoms with Crippen LogP contribution in [0.2, 0.25) is 0 Å². The molecule has 0 bridgehead atoms. The van der Waals surface area contributed by atoms with Gasteiger partial charge in [0.15, 0.2) is 0 Å². The number of hydrogen-bond acceptors (Lipinski definition) is 3. The van der Waals surface area contributed by atoms with Gasteiger partial charge in [0, 0.05) is 0 Å². The number of thiophene rings is 1. The molecule has 1 heterocycles. The Hall–Kier alpha value is -0.160. The van der Waals surface area contributed by atoms with Gasteiger partial charge in [-0.3, -0.25) is 11.3 Å². The van der Waals surface area contributed by atoms with E-state index < -0.39 is 0 Å². The van der Waals surface area contributed by atoms with E-state index in [1.807, 2.05) is 0 Å². The molecular formula is C10H15BrN2S. The fourth-order valence-corrected chi connectivity index (χ4v) is 2.44. The molecule has 1 unspecified atom stereocenters. The first-order chi connectivity index (χ1) is 6.67. The van der Waals surface area contributed by atoms with Gasteiger partial charge in [0.05, 0.1) is 9.83 Å². The highest BCUT2D eigenvalue weighted by molar-refractivity contribution is 9.11. The average molecular weight is 275 g/mol. The van der Waals surface area contributed by atoms with Crippen LogP contribution in [0.3, 0.4) is 0 Å². The van der Waals surface area contributed by atoms with E-state index in [0.29, 0.717) is 0 Å². The lowest BCUT2D eigenvalue weighted by atomic mass is 10.0. The molecule has 0 fully saturated rings. The predicted octanol–water partition coefficient (Wildman–Crippen LogP) is 3.37. The van der Waals surface area contributed by atoms with E-state index in [2.05, 4.69) is 46.3 Å². The Morgan fingerprint density at radius 2 is 2.50 bits per heavy atom. The van der Waals surface area contributed by atoms with E-state index in [0.717, 1.165) is 16.6 Å². The molecule has 0 saturated carbocycles. The molecule has 0 aliphatic rings. The minimum absolute atomic E-state index is 0.185. The standard InChI is InChI=1S/C10H15BrN2S/c1-3-7(2)4-9(13-12)8-5-10(11)14-6-8/h5-6,9,13H,2-4,12H2,1H3. The van der Waals surface area contributed by atoms with E-state index >= 15 is 0 Å². The third-order valence-corrected chi connectivity index (χ3v) is 3.71. The van der Waals surface area contributed by atoms with Crippen molar-refractivity contribution in [3.8, 4) is 0 Å². The van der Waals surface area contributed by atoms with Crippen LogP contribution < -0.4 is 11.3 Å². The largest absolute Gasteiger partial charge is 0.271 e. The first-order valence-electron chi connectivity index (χ1n) is 4.54. The van der Waals surface area contributed by atoms with Crippen LogP contribution in [0.5, 0.6) is 0 Å². The van der Waals surface area contributed by atoms with Crippen LogP contribution in [0, 0.1) is 0 Å². The second-order valence-electron chi connectivity index (χ2n) is 3.21. The molecule has 14 heavy (non-hydrogen) atoms. The van der Waals surface area contributed by atoms with Crippen molar-refractivity contribution in [2.24, 2.45) is 5.84 Å². The predicted molar refractivity (Wildman–Crippen MR) is 66.1 cm³/mol. The maximum absolute atomic E-state index is 5.52. The Morgan fingerprint density at radius 3 is 2.93 bits per heavy atom. The van der Waals surface area contributed by atoms with Gasteiger partial charge in [-0.2, -0.15) is 0 Å². The topological polar surface area (TPSA) is 38.0 Å². The molecule has 1 aromatic rings. The summed E-state index contributed by atoms with van der Waals surface area (Å²) in [5, 5.41) is 2.11. The molecule has 0 spiro atoms. The lowest BCUT2D eigenvalue weighted by Gasteiger charge is -2.15. The van der Waals surface area contributed by atoms with Gasteiger partial charge >= 0.3 is 0 Å². The number of rotatable bonds is 5. The highest BCUT2D eigenvalue weighted by Crippen LogP contribution is 2.28. The number of nitrogens with one attached hydrogen (secondary N) is 1. The minimum atomic E-state index is 0.185. The molecule has 0 amide bonds. The van der Waals surface area contributed by atoms with Crippen molar-refractivity contribution < 1.29 is 0 Å². The molecule has 2 nitrogen and oxygen atoms in total. The summed E-state index contributed by atoms with van der Waals surface area (Å²) in [4.78, 5) is 0. The van der Waals surface area contributed by atoms with Gasteiger partial charge in [-0.1, -0.05) is 19.1 Å². The lowest BCUT2D eigenvalue weighted by Crippen LogP contribution is -2.27. The van der Waals surface area contributed by atoms with Crippen LogP contribution in [0.1, 0.15) is 31.4 Å². The summed E-state index contributed by atoms with van der Waals surface area (Å²) < 4.78 is 1.13. The third-order valence-electron chi connectivity index (χ3n) is 2.18. The van der Waals surface area contributed by atoms with Gasteiger partial charge in [-0.05, 0) is 45.8 Å². The van der Waals surface area contributed by atoms with Gasteiger partial charge in [0.25, 0.3) is 0 Å². The first-order valence-corrected chi connectivity index (χ1v) is 6.21. The molecule has 1 atom stereocenters. The highest BCUT2D eigenvalue weighted by atomic mass is 79.9. The molecule has 0 aromatic carbocycles. The molecule has 0 radical (unpaired) electrons. The summed E-state index contributed by atoms with van der Waals surface area (Å²) in [5.41, 5.74) is 5.26. The van der Waals surface area contributed by atoms with E-state index in [1.54, 1.807) is 11.3 Å². The fraction of sp³-hybridized carbons (Fsp3) is 0.400. The quantitative estimate of drug-likeness (QED) is 0.491. The zero-order valence-corrected chi connectivity index (χ0v) is 10.6. The van der Waals surface area contributed by atoms with Gasteiger partial charge in [0.2, 0.25) is 0 Å². The Morgan fingerprint density at radius 1 is 1.79 bits per heavy atom. The summed E-state index contributed by atoms with van der Waals surface area (Å²) in [7, 11) is 0. The molecule has 0 saturated heterocycles. The molecule has 0 aliphatic heterocycles. The Bertz CT molecular complexity index is 309. The molecule has 78 valence electrons. The van der Waals surface area contributed by atoms with E-state index in [1.165, 1.54) is 11.1 Å². The van der Waals surface area contributed by atoms with Crippen molar-refractivity contribution in [2.75, 3.05) is 0 Å². The van der Waals surface area contributed by atoms with E-state index in [-0.39, 0.29) is 6.04 Å². The monoisotopic (exact) mass is 274 g/mol. The Labute approximate surface area is 97.3 Å². The average Bonchev–Trinajstić information content (AvgIpc) is 2.60. The normalized spacial score (nSPS) is 12.8. The second-order valence-corrected chi connectivity index (χ2v) is 5.50. The number of hydrogen-bond donors (Lipinski definition) is 2. The molecule has 3 N–H and O–H groups in total. The minimum Gasteiger partial charge on any atom is -0.271 e. The smallest absolute Gasteiger partial charge is 0.0701 e. The zero-order chi connectivity index (χ0) is 10.6. The van der Waals surface area contributed by atoms with Crippen molar-refractivity contribution >= 4 is 27.3 Å². The molecular weight excluding hydrogens is 260 g/mol. The summed E-state index contributed by atoms with van der Waals surface area (Å²) >= 11 is 5.11. The van der Waals surface area contributed by atoms with E-state index in [9.17, 15) is 0 Å². The van der Waals surface area contributed by atoms with Crippen molar-refractivity contribution in [3.05, 3.63) is 32.9 Å². The van der Waals surface area contributed by atoms with Crippen molar-refractivity contribution in [2.45, 2.75) is 25.8 Å². The lowest BCUT2D eigenvalue weighted by molar-refractivity contribution is 0.546. The molecule has 1 rings (SSSR count). The maximum atomic E-state index is 5.52. The first kappa shape index (κ1) is 11.9. The summed E-state index contributed by atoms with van der Waals surface area (Å²) in [5.74, 6) is 5.52. The van der Waals surface area contributed by atoms with Crippen molar-refractivity contribution in [1.82, 2.24) is 5.43 Å². The Kier molecular flexibility index (Phi) is 4.81.